The second kappa shape index (κ2) is 8.28. The standard InChI is InChI=1S/C25H27ClN2O5/c26-18-2-1-3-19(9-18)28-22(30)10-20(24(28)33)27(21(29)4-5-23(31)32)14-25-11-15-6-16(12-25)8-17(7-15)13-25/h1-5,9,15-17,20H,6-8,10-14H2,(H,31,32). The van der Waals surface area contributed by atoms with Crippen LogP contribution in [0.3, 0.4) is 0 Å². The molecule has 0 spiro atoms. The first-order chi connectivity index (χ1) is 15.7. The lowest BCUT2D eigenvalue weighted by Gasteiger charge is -2.58. The topological polar surface area (TPSA) is 95.0 Å². The number of halogens is 1. The number of amides is 3. The molecule has 1 unspecified atom stereocenters. The Morgan fingerprint density at radius 3 is 2.30 bits per heavy atom. The van der Waals surface area contributed by atoms with E-state index in [9.17, 15) is 19.2 Å². The number of benzene rings is 1. The molecule has 6 rings (SSSR count). The zero-order chi connectivity index (χ0) is 23.3. The van der Waals surface area contributed by atoms with Gasteiger partial charge in [0.1, 0.15) is 6.04 Å². The van der Waals surface area contributed by atoms with E-state index in [1.165, 1.54) is 24.2 Å². The summed E-state index contributed by atoms with van der Waals surface area (Å²) in [4.78, 5) is 53.1. The molecule has 4 bridgehead atoms. The summed E-state index contributed by atoms with van der Waals surface area (Å²) in [6, 6.07) is 5.57. The molecule has 0 aromatic heterocycles. The van der Waals surface area contributed by atoms with Gasteiger partial charge in [0, 0.05) is 23.7 Å². The highest BCUT2D eigenvalue weighted by atomic mass is 35.5. The Balaban J connectivity index is 1.45. The van der Waals surface area contributed by atoms with E-state index in [1.807, 2.05) is 0 Å². The molecule has 1 aromatic rings. The van der Waals surface area contributed by atoms with E-state index < -0.39 is 29.7 Å². The molecule has 33 heavy (non-hydrogen) atoms. The summed E-state index contributed by atoms with van der Waals surface area (Å²) in [7, 11) is 0. The van der Waals surface area contributed by atoms with Crippen molar-refractivity contribution in [3.8, 4) is 0 Å². The van der Waals surface area contributed by atoms with Gasteiger partial charge < -0.3 is 10.0 Å². The number of carboxylic acids is 1. The summed E-state index contributed by atoms with van der Waals surface area (Å²) in [5.41, 5.74) is 0.317. The van der Waals surface area contributed by atoms with Crippen LogP contribution in [0.5, 0.6) is 0 Å². The second-order valence-corrected chi connectivity index (χ2v) is 10.8. The Kier molecular flexibility index (Phi) is 5.55. The third-order valence-electron chi connectivity index (χ3n) is 7.89. The summed E-state index contributed by atoms with van der Waals surface area (Å²) in [5, 5.41) is 9.43. The van der Waals surface area contributed by atoms with Gasteiger partial charge in [-0.2, -0.15) is 0 Å². The highest BCUT2D eigenvalue weighted by molar-refractivity contribution is 6.31. The average Bonchev–Trinajstić information content (AvgIpc) is 3.03. The molecule has 8 heteroatoms. The Bertz CT molecular complexity index is 1020. The number of carbonyl (C=O) groups excluding carboxylic acids is 3. The minimum atomic E-state index is -1.23. The minimum absolute atomic E-state index is 0.0612. The van der Waals surface area contributed by atoms with E-state index >= 15 is 0 Å². The van der Waals surface area contributed by atoms with Crippen molar-refractivity contribution in [3.05, 3.63) is 41.4 Å². The average molecular weight is 471 g/mol. The highest BCUT2D eigenvalue weighted by Crippen LogP contribution is 2.60. The number of hydrogen-bond donors (Lipinski definition) is 1. The molecule has 5 fully saturated rings. The molecule has 1 saturated heterocycles. The Morgan fingerprint density at radius 1 is 1.09 bits per heavy atom. The molecule has 1 heterocycles. The van der Waals surface area contributed by atoms with Crippen molar-refractivity contribution in [1.82, 2.24) is 4.90 Å². The first-order valence-corrected chi connectivity index (χ1v) is 11.9. The van der Waals surface area contributed by atoms with Gasteiger partial charge in [0.15, 0.2) is 0 Å². The molecule has 1 aromatic carbocycles. The van der Waals surface area contributed by atoms with Crippen molar-refractivity contribution < 1.29 is 24.3 Å². The summed E-state index contributed by atoms with van der Waals surface area (Å²) < 4.78 is 0. The molecular formula is C25H27ClN2O5. The van der Waals surface area contributed by atoms with Crippen LogP contribution in [-0.2, 0) is 19.2 Å². The van der Waals surface area contributed by atoms with Crippen molar-refractivity contribution in [3.63, 3.8) is 0 Å². The van der Waals surface area contributed by atoms with Gasteiger partial charge in [-0.1, -0.05) is 17.7 Å². The van der Waals surface area contributed by atoms with Gasteiger partial charge in [0.25, 0.3) is 5.91 Å². The number of carbonyl (C=O) groups is 4. The van der Waals surface area contributed by atoms with Crippen LogP contribution in [0.4, 0.5) is 5.69 Å². The minimum Gasteiger partial charge on any atom is -0.478 e. The Hall–Kier alpha value is -2.67. The lowest BCUT2D eigenvalue weighted by Crippen LogP contribution is -2.55. The van der Waals surface area contributed by atoms with Gasteiger partial charge in [-0.15, -0.1) is 0 Å². The highest BCUT2D eigenvalue weighted by Gasteiger charge is 2.53. The van der Waals surface area contributed by atoms with Crippen LogP contribution in [0.25, 0.3) is 0 Å². The van der Waals surface area contributed by atoms with Crippen LogP contribution in [0.2, 0.25) is 5.02 Å². The van der Waals surface area contributed by atoms with Crippen LogP contribution in [0, 0.1) is 23.2 Å². The number of imide groups is 1. The molecule has 7 nitrogen and oxygen atoms in total. The first-order valence-electron chi connectivity index (χ1n) is 11.6. The molecule has 5 aliphatic rings. The van der Waals surface area contributed by atoms with E-state index in [0.29, 0.717) is 35.0 Å². The van der Waals surface area contributed by atoms with Crippen molar-refractivity contribution in [1.29, 1.82) is 0 Å². The summed E-state index contributed by atoms with van der Waals surface area (Å²) in [5.74, 6) is -0.647. The summed E-state index contributed by atoms with van der Waals surface area (Å²) in [6.07, 6.45) is 8.49. The molecule has 4 saturated carbocycles. The van der Waals surface area contributed by atoms with Crippen LogP contribution in [-0.4, -0.2) is 46.3 Å². The van der Waals surface area contributed by atoms with Gasteiger partial charge in [0.2, 0.25) is 11.8 Å². The maximum atomic E-state index is 13.4. The lowest BCUT2D eigenvalue weighted by atomic mass is 9.49. The van der Waals surface area contributed by atoms with Crippen molar-refractivity contribution >= 4 is 41.0 Å². The predicted molar refractivity (Wildman–Crippen MR) is 121 cm³/mol. The van der Waals surface area contributed by atoms with E-state index in [0.717, 1.165) is 36.3 Å². The molecule has 3 amide bonds. The number of nitrogens with zero attached hydrogens (tertiary/aromatic N) is 2. The number of hydrogen-bond acceptors (Lipinski definition) is 4. The Morgan fingerprint density at radius 2 is 1.73 bits per heavy atom. The van der Waals surface area contributed by atoms with E-state index in [-0.39, 0.29) is 11.8 Å². The summed E-state index contributed by atoms with van der Waals surface area (Å²) in [6.45, 7) is 0.381. The number of rotatable bonds is 6. The maximum absolute atomic E-state index is 13.4. The van der Waals surface area contributed by atoms with E-state index in [2.05, 4.69) is 0 Å². The molecule has 4 aliphatic carbocycles. The quantitative estimate of drug-likeness (QED) is 0.505. The monoisotopic (exact) mass is 470 g/mol. The SMILES string of the molecule is O=C(O)C=CC(=O)N(CC12CC3CC(CC(C3)C1)C2)C1CC(=O)N(c2cccc(Cl)c2)C1=O. The second-order valence-electron chi connectivity index (χ2n) is 10.3. The van der Waals surface area contributed by atoms with Crippen LogP contribution < -0.4 is 4.90 Å². The van der Waals surface area contributed by atoms with Gasteiger partial charge in [0.05, 0.1) is 12.1 Å². The zero-order valence-corrected chi connectivity index (χ0v) is 19.0. The normalized spacial score (nSPS) is 32.7. The molecule has 174 valence electrons. The van der Waals surface area contributed by atoms with Gasteiger partial charge in [-0.25, -0.2) is 9.69 Å². The maximum Gasteiger partial charge on any atom is 0.328 e. The van der Waals surface area contributed by atoms with Gasteiger partial charge in [-0.3, -0.25) is 14.4 Å². The zero-order valence-electron chi connectivity index (χ0n) is 18.3. The Labute approximate surface area is 197 Å². The van der Waals surface area contributed by atoms with Gasteiger partial charge >= 0.3 is 5.97 Å². The lowest BCUT2D eigenvalue weighted by molar-refractivity contribution is -0.141. The predicted octanol–water partition coefficient (Wildman–Crippen LogP) is 3.66. The molecule has 0 radical (unpaired) electrons. The van der Waals surface area contributed by atoms with Crippen molar-refractivity contribution in [2.45, 2.75) is 51.0 Å². The first kappa shape index (κ1) is 22.1. The summed E-state index contributed by atoms with van der Waals surface area (Å²) >= 11 is 6.06. The number of carboxylic acid groups (broad SMARTS) is 1. The number of aliphatic carboxylic acids is 1. The molecular weight excluding hydrogens is 444 g/mol. The van der Waals surface area contributed by atoms with Crippen LogP contribution in [0.15, 0.2) is 36.4 Å². The third kappa shape index (κ3) is 4.19. The fraction of sp³-hybridized carbons (Fsp3) is 0.520. The number of anilines is 1. The molecule has 1 atom stereocenters. The fourth-order valence-corrected chi connectivity index (χ4v) is 7.36. The van der Waals surface area contributed by atoms with Crippen molar-refractivity contribution in [2.75, 3.05) is 11.4 Å². The fourth-order valence-electron chi connectivity index (χ4n) is 7.17. The van der Waals surface area contributed by atoms with Crippen LogP contribution >= 0.6 is 11.6 Å². The van der Waals surface area contributed by atoms with Crippen LogP contribution in [0.1, 0.15) is 44.9 Å². The largest absolute Gasteiger partial charge is 0.478 e. The van der Waals surface area contributed by atoms with E-state index in [4.69, 9.17) is 16.7 Å². The van der Waals surface area contributed by atoms with Crippen molar-refractivity contribution in [2.24, 2.45) is 23.2 Å². The van der Waals surface area contributed by atoms with Gasteiger partial charge in [-0.05, 0) is 79.9 Å². The van der Waals surface area contributed by atoms with E-state index in [1.54, 1.807) is 24.3 Å². The third-order valence-corrected chi connectivity index (χ3v) is 8.12. The molecule has 1 aliphatic heterocycles. The smallest absolute Gasteiger partial charge is 0.328 e. The molecule has 1 N–H and O–H groups in total.